The molecule has 2 aromatic carbocycles. The molecule has 254 valence electrons. The lowest BCUT2D eigenvalue weighted by Gasteiger charge is -2.38. The predicted octanol–water partition coefficient (Wildman–Crippen LogP) is 4.83. The van der Waals surface area contributed by atoms with E-state index in [2.05, 4.69) is 19.7 Å². The zero-order chi connectivity index (χ0) is 34.7. The number of halogens is 8. The van der Waals surface area contributed by atoms with Crippen LogP contribution in [-0.2, 0) is 33.7 Å². The van der Waals surface area contributed by atoms with Gasteiger partial charge in [0, 0.05) is 26.2 Å². The topological polar surface area (TPSA) is 152 Å². The van der Waals surface area contributed by atoms with Crippen LogP contribution in [-0.4, -0.2) is 71.0 Å². The molecule has 0 unspecified atom stereocenters. The summed E-state index contributed by atoms with van der Waals surface area (Å²) in [6, 6.07) is 7.24. The van der Waals surface area contributed by atoms with Crippen molar-refractivity contribution in [3.8, 4) is 5.75 Å². The second kappa shape index (κ2) is 13.9. The van der Waals surface area contributed by atoms with E-state index in [0.717, 1.165) is 35.2 Å². The van der Waals surface area contributed by atoms with Crippen LogP contribution in [0.15, 0.2) is 59.6 Å². The summed E-state index contributed by atoms with van der Waals surface area (Å²) in [7, 11) is -4.48. The number of carboxylic acids is 1. The van der Waals surface area contributed by atoms with Gasteiger partial charge < -0.3 is 20.5 Å². The Labute approximate surface area is 264 Å². The minimum Gasteiger partial charge on any atom is -0.480 e. The Morgan fingerprint density at radius 1 is 1.00 bits per heavy atom. The molecule has 0 amide bonds. The summed E-state index contributed by atoms with van der Waals surface area (Å²) >= 11 is 0.901. The SMILES string of the molecule is NCc1ccc(OC(F)F)cc1.O=C(O)[C@H]1CN(c2nc3nc(C(F)(F)F)ncc3s2)CCN1S(=O)(=O)c1ccc(C(F)(F)F)cc1. The third kappa shape index (κ3) is 8.58. The summed E-state index contributed by atoms with van der Waals surface area (Å²) in [6.45, 7) is -3.23. The van der Waals surface area contributed by atoms with Gasteiger partial charge in [-0.2, -0.15) is 44.4 Å². The highest BCUT2D eigenvalue weighted by atomic mass is 32.2. The molecular formula is C26H22F8N6O5S2. The molecule has 11 nitrogen and oxygen atoms in total. The number of rotatable bonds is 7. The molecule has 2 aromatic heterocycles. The van der Waals surface area contributed by atoms with E-state index in [1.165, 1.54) is 17.0 Å². The van der Waals surface area contributed by atoms with Gasteiger partial charge in [0.05, 0.1) is 21.4 Å². The van der Waals surface area contributed by atoms with Gasteiger partial charge in [-0.15, -0.1) is 0 Å². The van der Waals surface area contributed by atoms with Crippen LogP contribution in [0.4, 0.5) is 40.3 Å². The molecule has 0 spiro atoms. The molecule has 0 saturated carbocycles. The number of ether oxygens (including phenoxy) is 1. The van der Waals surface area contributed by atoms with Crippen LogP contribution >= 0.6 is 11.3 Å². The van der Waals surface area contributed by atoms with E-state index in [4.69, 9.17) is 5.73 Å². The van der Waals surface area contributed by atoms with E-state index in [1.807, 2.05) is 0 Å². The molecule has 1 aliphatic heterocycles. The maximum absolute atomic E-state index is 13.0. The van der Waals surface area contributed by atoms with Crippen molar-refractivity contribution < 1.29 is 58.2 Å². The van der Waals surface area contributed by atoms with Crippen LogP contribution in [0.5, 0.6) is 5.75 Å². The zero-order valence-corrected chi connectivity index (χ0v) is 25.0. The minimum absolute atomic E-state index is 0.0803. The Morgan fingerprint density at radius 2 is 1.64 bits per heavy atom. The molecule has 5 rings (SSSR count). The maximum atomic E-state index is 13.0. The van der Waals surface area contributed by atoms with Crippen molar-refractivity contribution in [1.82, 2.24) is 19.3 Å². The number of hydrogen-bond donors (Lipinski definition) is 2. The summed E-state index contributed by atoms with van der Waals surface area (Å²) < 4.78 is 131. The average molecular weight is 715 g/mol. The first-order valence-electron chi connectivity index (χ1n) is 13.0. The monoisotopic (exact) mass is 714 g/mol. The van der Waals surface area contributed by atoms with Gasteiger partial charge in [0.15, 0.2) is 10.8 Å². The molecule has 4 aromatic rings. The standard InChI is InChI=1S/C18H13F6N5O4S2.C8H9F2NO/c19-17(20,21)9-1-3-10(4-2-9)35(32,33)29-6-5-28(8-11(29)14(30)31)16-27-13-12(34-16)7-25-15(26-13)18(22,23)24;9-8(10)12-7-3-1-6(5-11)2-4-7/h1-4,7,11H,5-6,8H2,(H,30,31);1-4,8H,5,11H2/t11-;/m1./s1. The van der Waals surface area contributed by atoms with Crippen LogP contribution in [0.3, 0.4) is 0 Å². The fourth-order valence-corrected chi connectivity index (χ4v) is 6.66. The maximum Gasteiger partial charge on any atom is 0.451 e. The number of carboxylic acid groups (broad SMARTS) is 1. The summed E-state index contributed by atoms with van der Waals surface area (Å²) in [5.41, 5.74) is 4.88. The molecule has 1 fully saturated rings. The van der Waals surface area contributed by atoms with Crippen molar-refractivity contribution >= 4 is 42.8 Å². The molecular weight excluding hydrogens is 692 g/mol. The molecule has 1 saturated heterocycles. The van der Waals surface area contributed by atoms with Gasteiger partial charge in [-0.25, -0.2) is 18.4 Å². The lowest BCUT2D eigenvalue weighted by atomic mass is 10.2. The predicted molar refractivity (Wildman–Crippen MR) is 150 cm³/mol. The van der Waals surface area contributed by atoms with Gasteiger partial charge >= 0.3 is 24.9 Å². The number of anilines is 1. The molecule has 3 heterocycles. The molecule has 0 aliphatic carbocycles. The van der Waals surface area contributed by atoms with Crippen LogP contribution in [0.2, 0.25) is 0 Å². The lowest BCUT2D eigenvalue weighted by molar-refractivity contribution is -0.145. The highest BCUT2D eigenvalue weighted by molar-refractivity contribution is 7.89. The number of aliphatic carboxylic acids is 1. The second-order valence-corrected chi connectivity index (χ2v) is 12.4. The van der Waals surface area contributed by atoms with Crippen LogP contribution in [0.1, 0.15) is 17.0 Å². The van der Waals surface area contributed by atoms with Crippen molar-refractivity contribution in [1.29, 1.82) is 0 Å². The van der Waals surface area contributed by atoms with Crippen molar-refractivity contribution in [3.63, 3.8) is 0 Å². The largest absolute Gasteiger partial charge is 0.480 e. The Kier molecular flexibility index (Phi) is 10.5. The number of hydrogen-bond acceptors (Lipinski definition) is 10. The smallest absolute Gasteiger partial charge is 0.451 e. The molecule has 0 radical (unpaired) electrons. The average Bonchev–Trinajstić information content (AvgIpc) is 3.44. The van der Waals surface area contributed by atoms with Gasteiger partial charge in [-0.1, -0.05) is 23.5 Å². The molecule has 47 heavy (non-hydrogen) atoms. The Morgan fingerprint density at radius 3 is 2.17 bits per heavy atom. The van der Waals surface area contributed by atoms with E-state index in [0.29, 0.717) is 23.0 Å². The first kappa shape index (κ1) is 35.6. The van der Waals surface area contributed by atoms with Crippen LogP contribution in [0, 0.1) is 0 Å². The van der Waals surface area contributed by atoms with Crippen molar-refractivity contribution in [3.05, 3.63) is 71.7 Å². The zero-order valence-electron chi connectivity index (χ0n) is 23.4. The lowest BCUT2D eigenvalue weighted by Crippen LogP contribution is -2.58. The van der Waals surface area contributed by atoms with Gasteiger partial charge in [-0.05, 0) is 42.0 Å². The third-order valence-electron chi connectivity index (χ3n) is 6.45. The fourth-order valence-electron chi connectivity index (χ4n) is 4.18. The normalized spacial score (nSPS) is 16.2. The number of fused-ring (bicyclic) bond motifs is 1. The highest BCUT2D eigenvalue weighted by Crippen LogP contribution is 2.34. The van der Waals surface area contributed by atoms with Gasteiger partial charge in [0.1, 0.15) is 11.8 Å². The van der Waals surface area contributed by atoms with Crippen LogP contribution < -0.4 is 15.4 Å². The fraction of sp³-hybridized carbons (Fsp3) is 0.308. The minimum atomic E-state index is -4.79. The highest BCUT2D eigenvalue weighted by Gasteiger charge is 2.42. The summed E-state index contributed by atoms with van der Waals surface area (Å²) in [4.78, 5) is 23.4. The van der Waals surface area contributed by atoms with E-state index in [1.54, 1.807) is 12.1 Å². The van der Waals surface area contributed by atoms with Crippen molar-refractivity contribution in [2.45, 2.75) is 36.4 Å². The van der Waals surface area contributed by atoms with Gasteiger partial charge in [-0.3, -0.25) is 4.79 Å². The van der Waals surface area contributed by atoms with E-state index >= 15 is 0 Å². The number of nitrogens with two attached hydrogens (primary N) is 1. The van der Waals surface area contributed by atoms with Crippen molar-refractivity contribution in [2.75, 3.05) is 24.5 Å². The van der Waals surface area contributed by atoms with Gasteiger partial charge in [0.25, 0.3) is 0 Å². The quantitative estimate of drug-likeness (QED) is 0.255. The number of benzene rings is 2. The summed E-state index contributed by atoms with van der Waals surface area (Å²) in [6.07, 6.45) is -8.53. The van der Waals surface area contributed by atoms with Crippen LogP contribution in [0.25, 0.3) is 10.3 Å². The van der Waals surface area contributed by atoms with Gasteiger partial charge in [0.2, 0.25) is 15.8 Å². The number of sulfonamides is 1. The Bertz CT molecular complexity index is 1800. The molecule has 3 N–H and O–H groups in total. The molecule has 0 bridgehead atoms. The first-order valence-corrected chi connectivity index (χ1v) is 15.3. The van der Waals surface area contributed by atoms with E-state index in [9.17, 15) is 53.4 Å². The summed E-state index contributed by atoms with van der Waals surface area (Å²) in [5.74, 6) is -2.76. The van der Waals surface area contributed by atoms with E-state index in [-0.39, 0.29) is 34.3 Å². The Hall–Kier alpha value is -4.21. The molecule has 21 heteroatoms. The summed E-state index contributed by atoms with van der Waals surface area (Å²) in [5, 5.41) is 9.77. The first-order chi connectivity index (χ1) is 21.9. The van der Waals surface area contributed by atoms with Crippen molar-refractivity contribution in [2.24, 2.45) is 5.73 Å². The number of piperazine rings is 1. The number of aromatic nitrogens is 3. The number of alkyl halides is 8. The number of nitrogens with zero attached hydrogens (tertiary/aromatic N) is 5. The second-order valence-electron chi connectivity index (χ2n) is 9.54. The number of thiazole rings is 1. The third-order valence-corrected chi connectivity index (χ3v) is 9.41. The van der Waals surface area contributed by atoms with E-state index < -0.39 is 63.8 Å². The molecule has 1 aliphatic rings. The number of carbonyl (C=O) groups is 1. The molecule has 1 atom stereocenters. The Balaban J connectivity index is 0.000000351.